The maximum Gasteiger partial charge on any atom is 0.241 e. The largest absolute Gasteiger partial charge is 0.347 e. The summed E-state index contributed by atoms with van der Waals surface area (Å²) in [6, 6.07) is 10.7. The molecule has 1 atom stereocenters. The van der Waals surface area contributed by atoms with Gasteiger partial charge in [0.25, 0.3) is 0 Å². The van der Waals surface area contributed by atoms with Gasteiger partial charge in [-0.2, -0.15) is 0 Å². The second-order valence-electron chi connectivity index (χ2n) is 9.52. The lowest BCUT2D eigenvalue weighted by Crippen LogP contribution is -2.47. The third-order valence-corrected chi connectivity index (χ3v) is 7.24. The van der Waals surface area contributed by atoms with Crippen LogP contribution in [0, 0.1) is 11.8 Å². The molecule has 1 aromatic rings. The van der Waals surface area contributed by atoms with E-state index in [0.717, 1.165) is 57.3 Å². The van der Waals surface area contributed by atoms with E-state index >= 15 is 0 Å². The summed E-state index contributed by atoms with van der Waals surface area (Å²) in [6.07, 6.45) is 7.25. The minimum Gasteiger partial charge on any atom is -0.347 e. The maximum absolute atomic E-state index is 12.8. The predicted molar refractivity (Wildman–Crippen MR) is 142 cm³/mol. The Morgan fingerprint density at radius 1 is 0.969 bits per heavy atom. The molecule has 3 aliphatic heterocycles. The molecule has 0 aromatic heterocycles. The standard InChI is InChI=1S/C25H39N5O.HI/c1-26-25(30-16-11-23(20-30)19-28-12-5-6-13-28)27-18-24(31)29-14-9-22(10-15-29)17-21-7-3-2-4-8-21;/h2-4,7-8,22-23H,5-6,9-20H2,1H3,(H,26,27);1H. The summed E-state index contributed by atoms with van der Waals surface area (Å²) in [4.78, 5) is 24.2. The van der Waals surface area contributed by atoms with Crippen molar-refractivity contribution in [2.45, 2.75) is 38.5 Å². The monoisotopic (exact) mass is 553 g/mol. The zero-order chi connectivity index (χ0) is 21.5. The van der Waals surface area contributed by atoms with E-state index in [-0.39, 0.29) is 29.9 Å². The van der Waals surface area contributed by atoms with E-state index < -0.39 is 0 Å². The highest BCUT2D eigenvalue weighted by Gasteiger charge is 2.28. The first-order chi connectivity index (χ1) is 15.2. The number of amides is 1. The fourth-order valence-corrected chi connectivity index (χ4v) is 5.44. The fraction of sp³-hybridized carbons (Fsp3) is 0.680. The van der Waals surface area contributed by atoms with Gasteiger partial charge in [-0.05, 0) is 69.0 Å². The molecule has 6 nitrogen and oxygen atoms in total. The molecule has 7 heteroatoms. The third-order valence-electron chi connectivity index (χ3n) is 7.24. The van der Waals surface area contributed by atoms with Crippen LogP contribution in [0.3, 0.4) is 0 Å². The van der Waals surface area contributed by atoms with Gasteiger partial charge in [-0.1, -0.05) is 30.3 Å². The Labute approximate surface area is 210 Å². The van der Waals surface area contributed by atoms with E-state index in [2.05, 4.69) is 50.4 Å². The quantitative estimate of drug-likeness (QED) is 0.335. The molecule has 0 radical (unpaired) electrons. The van der Waals surface area contributed by atoms with E-state index in [1.54, 1.807) is 0 Å². The number of nitrogens with one attached hydrogen (secondary N) is 1. The summed E-state index contributed by atoms with van der Waals surface area (Å²) in [6.45, 7) is 7.93. The van der Waals surface area contributed by atoms with E-state index in [9.17, 15) is 4.79 Å². The molecule has 0 saturated carbocycles. The van der Waals surface area contributed by atoms with Crippen LogP contribution in [-0.2, 0) is 11.2 Å². The number of piperidine rings is 1. The van der Waals surface area contributed by atoms with Crippen LogP contribution in [0.4, 0.5) is 0 Å². The summed E-state index contributed by atoms with van der Waals surface area (Å²) in [5, 5.41) is 3.34. The van der Waals surface area contributed by atoms with E-state index in [1.807, 2.05) is 11.9 Å². The van der Waals surface area contributed by atoms with Gasteiger partial charge in [-0.25, -0.2) is 0 Å². The number of nitrogens with zero attached hydrogens (tertiary/aromatic N) is 4. The summed E-state index contributed by atoms with van der Waals surface area (Å²) in [5.41, 5.74) is 1.41. The van der Waals surface area contributed by atoms with Crippen molar-refractivity contribution in [1.29, 1.82) is 0 Å². The minimum absolute atomic E-state index is 0. The Morgan fingerprint density at radius 3 is 2.31 bits per heavy atom. The predicted octanol–water partition coefficient (Wildman–Crippen LogP) is 3.08. The number of hydrogen-bond donors (Lipinski definition) is 1. The summed E-state index contributed by atoms with van der Waals surface area (Å²) < 4.78 is 0. The van der Waals surface area contributed by atoms with Crippen LogP contribution in [0.1, 0.15) is 37.7 Å². The highest BCUT2D eigenvalue weighted by Crippen LogP contribution is 2.22. The number of benzene rings is 1. The van der Waals surface area contributed by atoms with Gasteiger partial charge in [0.2, 0.25) is 5.91 Å². The average Bonchev–Trinajstić information content (AvgIpc) is 3.48. The van der Waals surface area contributed by atoms with Gasteiger partial charge in [-0.3, -0.25) is 9.79 Å². The average molecular weight is 554 g/mol. The van der Waals surface area contributed by atoms with Gasteiger partial charge in [-0.15, -0.1) is 24.0 Å². The molecule has 1 unspecified atom stereocenters. The Balaban J connectivity index is 0.00000289. The Bertz CT molecular complexity index is 729. The molecule has 3 saturated heterocycles. The number of guanidine groups is 1. The highest BCUT2D eigenvalue weighted by atomic mass is 127. The van der Waals surface area contributed by atoms with Crippen molar-refractivity contribution in [2.24, 2.45) is 16.8 Å². The van der Waals surface area contributed by atoms with Gasteiger partial charge in [0.05, 0.1) is 6.54 Å². The maximum atomic E-state index is 12.8. The molecular formula is C25H40IN5O. The zero-order valence-corrected chi connectivity index (χ0v) is 21.9. The second-order valence-corrected chi connectivity index (χ2v) is 9.52. The Hall–Kier alpha value is -1.35. The van der Waals surface area contributed by atoms with Gasteiger partial charge in [0, 0.05) is 39.8 Å². The molecule has 3 heterocycles. The minimum atomic E-state index is 0. The molecule has 1 amide bonds. The first-order valence-electron chi connectivity index (χ1n) is 12.2. The molecule has 0 bridgehead atoms. The number of carbonyl (C=O) groups is 1. The third kappa shape index (κ3) is 7.07. The summed E-state index contributed by atoms with van der Waals surface area (Å²) in [5.74, 6) is 2.49. The van der Waals surface area contributed by atoms with Crippen molar-refractivity contribution < 1.29 is 4.79 Å². The number of halogens is 1. The van der Waals surface area contributed by atoms with Crippen molar-refractivity contribution in [3.05, 3.63) is 35.9 Å². The van der Waals surface area contributed by atoms with Gasteiger partial charge in [0.15, 0.2) is 5.96 Å². The molecule has 0 spiro atoms. The van der Waals surface area contributed by atoms with Crippen molar-refractivity contribution in [1.82, 2.24) is 20.0 Å². The molecule has 32 heavy (non-hydrogen) atoms. The topological polar surface area (TPSA) is 51.2 Å². The molecule has 1 aromatic carbocycles. The van der Waals surface area contributed by atoms with Crippen LogP contribution in [0.15, 0.2) is 35.3 Å². The first kappa shape index (κ1) is 25.3. The lowest BCUT2D eigenvalue weighted by molar-refractivity contribution is -0.131. The van der Waals surface area contributed by atoms with Crippen LogP contribution in [0.5, 0.6) is 0 Å². The Morgan fingerprint density at radius 2 is 1.62 bits per heavy atom. The van der Waals surface area contributed by atoms with Crippen molar-refractivity contribution in [3.8, 4) is 0 Å². The molecule has 4 rings (SSSR count). The number of hydrogen-bond acceptors (Lipinski definition) is 3. The number of carbonyl (C=O) groups excluding carboxylic acids is 1. The fourth-order valence-electron chi connectivity index (χ4n) is 5.44. The zero-order valence-electron chi connectivity index (χ0n) is 19.5. The lowest BCUT2D eigenvalue weighted by Gasteiger charge is -2.32. The van der Waals surface area contributed by atoms with Crippen molar-refractivity contribution >= 4 is 35.8 Å². The van der Waals surface area contributed by atoms with Gasteiger partial charge in [0.1, 0.15) is 0 Å². The molecule has 178 valence electrons. The van der Waals surface area contributed by atoms with Crippen LogP contribution >= 0.6 is 24.0 Å². The van der Waals surface area contributed by atoms with Crippen molar-refractivity contribution in [2.75, 3.05) is 59.4 Å². The van der Waals surface area contributed by atoms with Crippen LogP contribution in [0.2, 0.25) is 0 Å². The number of aliphatic imine (C=N–C) groups is 1. The first-order valence-corrected chi connectivity index (χ1v) is 12.2. The van der Waals surface area contributed by atoms with Crippen LogP contribution in [0.25, 0.3) is 0 Å². The smallest absolute Gasteiger partial charge is 0.241 e. The van der Waals surface area contributed by atoms with Crippen molar-refractivity contribution in [3.63, 3.8) is 0 Å². The SMILES string of the molecule is CN=C(NCC(=O)N1CCC(Cc2ccccc2)CC1)N1CCC(CN2CCCC2)C1.I. The Kier molecular flexibility index (Phi) is 10.1. The number of likely N-dealkylation sites (tertiary alicyclic amines) is 3. The normalized spacial score (nSPS) is 22.8. The molecule has 3 aliphatic rings. The van der Waals surface area contributed by atoms with E-state index in [4.69, 9.17) is 0 Å². The lowest BCUT2D eigenvalue weighted by atomic mass is 9.90. The number of rotatable bonds is 6. The van der Waals surface area contributed by atoms with E-state index in [1.165, 1.54) is 44.5 Å². The molecule has 1 N–H and O–H groups in total. The van der Waals surface area contributed by atoms with Gasteiger partial charge < -0.3 is 20.0 Å². The summed E-state index contributed by atoms with van der Waals surface area (Å²) in [7, 11) is 1.83. The summed E-state index contributed by atoms with van der Waals surface area (Å²) >= 11 is 0. The highest BCUT2D eigenvalue weighted by molar-refractivity contribution is 14.0. The molecular weight excluding hydrogens is 513 g/mol. The second kappa shape index (κ2) is 12.8. The van der Waals surface area contributed by atoms with Crippen LogP contribution in [-0.4, -0.2) is 86.0 Å². The van der Waals surface area contributed by atoms with E-state index in [0.29, 0.717) is 12.5 Å². The van der Waals surface area contributed by atoms with Gasteiger partial charge >= 0.3 is 0 Å². The van der Waals surface area contributed by atoms with Crippen LogP contribution < -0.4 is 5.32 Å². The molecule has 0 aliphatic carbocycles. The molecule has 3 fully saturated rings.